The number of aliphatic imine (C=N–C) groups is 1. The number of nitrogens with one attached hydrogen (secondary N) is 1. The van der Waals surface area contributed by atoms with Crippen LogP contribution in [-0.2, 0) is 17.8 Å². The number of amides is 1. The molecular weight excluding hydrogens is 364 g/mol. The molecule has 29 heavy (non-hydrogen) atoms. The Morgan fingerprint density at radius 2 is 1.90 bits per heavy atom. The monoisotopic (exact) mass is 394 g/mol. The summed E-state index contributed by atoms with van der Waals surface area (Å²) in [4.78, 5) is 18.7. The standard InChI is InChI=1S/C23H30N4O2/c1-17(2)29-21-11-9-20(10-12-21)26-23(24)25-14-5-8-22(28)27-15-13-18-6-3-4-7-19(18)16-27/h3-4,6-7,9-12,17H,5,8,13-16H2,1-2H3,(H3,24,25,26). The van der Waals surface area contributed by atoms with Crippen LogP contribution in [0.1, 0.15) is 37.8 Å². The minimum absolute atomic E-state index is 0.142. The summed E-state index contributed by atoms with van der Waals surface area (Å²) in [6.07, 6.45) is 2.24. The summed E-state index contributed by atoms with van der Waals surface area (Å²) in [5.41, 5.74) is 9.41. The summed E-state index contributed by atoms with van der Waals surface area (Å²) < 4.78 is 5.62. The maximum Gasteiger partial charge on any atom is 0.222 e. The molecule has 0 spiro atoms. The first-order valence-corrected chi connectivity index (χ1v) is 10.2. The lowest BCUT2D eigenvalue weighted by Crippen LogP contribution is -2.35. The fraction of sp³-hybridized carbons (Fsp3) is 0.391. The van der Waals surface area contributed by atoms with Crippen LogP contribution in [0.3, 0.4) is 0 Å². The number of fused-ring (bicyclic) bond motifs is 1. The molecule has 2 aromatic rings. The smallest absolute Gasteiger partial charge is 0.222 e. The molecule has 1 aliphatic rings. The molecular formula is C23H30N4O2. The molecule has 0 saturated heterocycles. The summed E-state index contributed by atoms with van der Waals surface area (Å²) in [7, 11) is 0. The Morgan fingerprint density at radius 1 is 1.17 bits per heavy atom. The second-order valence-electron chi connectivity index (χ2n) is 7.52. The lowest BCUT2D eigenvalue weighted by atomic mass is 9.99. The summed E-state index contributed by atoms with van der Waals surface area (Å²) in [5.74, 6) is 1.35. The van der Waals surface area contributed by atoms with Gasteiger partial charge in [0.05, 0.1) is 6.10 Å². The second-order valence-corrected chi connectivity index (χ2v) is 7.52. The Kier molecular flexibility index (Phi) is 7.11. The van der Waals surface area contributed by atoms with E-state index in [0.29, 0.717) is 31.9 Å². The molecule has 3 N–H and O–H groups in total. The maximum absolute atomic E-state index is 12.5. The molecule has 3 rings (SSSR count). The van der Waals surface area contributed by atoms with Crippen molar-refractivity contribution in [3.8, 4) is 5.75 Å². The van der Waals surface area contributed by atoms with Crippen LogP contribution >= 0.6 is 0 Å². The molecule has 0 fully saturated rings. The van der Waals surface area contributed by atoms with Gasteiger partial charge in [-0.25, -0.2) is 0 Å². The third-order valence-electron chi connectivity index (χ3n) is 4.81. The molecule has 0 saturated carbocycles. The van der Waals surface area contributed by atoms with E-state index in [2.05, 4.69) is 28.5 Å². The zero-order chi connectivity index (χ0) is 20.6. The number of rotatable bonds is 7. The highest BCUT2D eigenvalue weighted by Gasteiger charge is 2.19. The van der Waals surface area contributed by atoms with E-state index in [4.69, 9.17) is 10.5 Å². The molecule has 0 aromatic heterocycles. The van der Waals surface area contributed by atoms with Crippen LogP contribution in [0, 0.1) is 0 Å². The predicted octanol–water partition coefficient (Wildman–Crippen LogP) is 3.57. The Hall–Kier alpha value is -3.02. The van der Waals surface area contributed by atoms with Gasteiger partial charge in [0.2, 0.25) is 5.91 Å². The van der Waals surface area contributed by atoms with Gasteiger partial charge in [-0.1, -0.05) is 24.3 Å². The van der Waals surface area contributed by atoms with Crippen molar-refractivity contribution in [3.63, 3.8) is 0 Å². The number of carbonyl (C=O) groups excluding carboxylic acids is 1. The average Bonchev–Trinajstić information content (AvgIpc) is 2.71. The minimum atomic E-state index is 0.142. The molecule has 2 aromatic carbocycles. The van der Waals surface area contributed by atoms with E-state index in [1.165, 1.54) is 11.1 Å². The molecule has 1 heterocycles. The number of guanidine groups is 1. The van der Waals surface area contributed by atoms with Crippen molar-refractivity contribution in [3.05, 3.63) is 59.7 Å². The second kappa shape index (κ2) is 9.96. The molecule has 0 aliphatic carbocycles. The van der Waals surface area contributed by atoms with Crippen molar-refractivity contribution in [2.45, 2.75) is 45.8 Å². The van der Waals surface area contributed by atoms with E-state index in [9.17, 15) is 4.79 Å². The topological polar surface area (TPSA) is 80.0 Å². The van der Waals surface area contributed by atoms with E-state index >= 15 is 0 Å². The van der Waals surface area contributed by atoms with Gasteiger partial charge in [-0.3, -0.25) is 9.79 Å². The Labute approximate surface area is 172 Å². The van der Waals surface area contributed by atoms with Gasteiger partial charge in [0.25, 0.3) is 0 Å². The Morgan fingerprint density at radius 3 is 2.62 bits per heavy atom. The van der Waals surface area contributed by atoms with Gasteiger partial charge in [0, 0.05) is 31.7 Å². The van der Waals surface area contributed by atoms with Gasteiger partial charge in [0.15, 0.2) is 5.96 Å². The van der Waals surface area contributed by atoms with Gasteiger partial charge in [-0.2, -0.15) is 0 Å². The highest BCUT2D eigenvalue weighted by atomic mass is 16.5. The maximum atomic E-state index is 12.5. The highest BCUT2D eigenvalue weighted by Crippen LogP contribution is 2.19. The number of anilines is 1. The average molecular weight is 395 g/mol. The van der Waals surface area contributed by atoms with Crippen LogP contribution in [0.4, 0.5) is 5.69 Å². The molecule has 154 valence electrons. The normalized spacial score (nSPS) is 13.9. The molecule has 0 atom stereocenters. The fourth-order valence-electron chi connectivity index (χ4n) is 3.37. The number of carbonyl (C=O) groups is 1. The summed E-state index contributed by atoms with van der Waals surface area (Å²) in [6, 6.07) is 15.9. The number of hydrogen-bond acceptors (Lipinski definition) is 3. The van der Waals surface area contributed by atoms with Crippen LogP contribution in [-0.4, -0.2) is 36.0 Å². The number of nitrogens with zero attached hydrogens (tertiary/aromatic N) is 2. The lowest BCUT2D eigenvalue weighted by Gasteiger charge is -2.28. The van der Waals surface area contributed by atoms with Crippen LogP contribution < -0.4 is 15.8 Å². The zero-order valence-corrected chi connectivity index (χ0v) is 17.2. The Bertz CT molecular complexity index is 846. The molecule has 0 bridgehead atoms. The van der Waals surface area contributed by atoms with E-state index in [0.717, 1.165) is 24.4 Å². The fourth-order valence-corrected chi connectivity index (χ4v) is 3.37. The molecule has 6 nitrogen and oxygen atoms in total. The number of hydrogen-bond donors (Lipinski definition) is 2. The van der Waals surface area contributed by atoms with Crippen molar-refractivity contribution in [2.24, 2.45) is 10.7 Å². The minimum Gasteiger partial charge on any atom is -0.491 e. The van der Waals surface area contributed by atoms with Crippen molar-refractivity contribution in [2.75, 3.05) is 18.4 Å². The van der Waals surface area contributed by atoms with Crippen molar-refractivity contribution < 1.29 is 9.53 Å². The highest BCUT2D eigenvalue weighted by molar-refractivity contribution is 5.92. The predicted molar refractivity (Wildman–Crippen MR) is 117 cm³/mol. The summed E-state index contributed by atoms with van der Waals surface area (Å²) in [5, 5.41) is 3.06. The number of benzene rings is 2. The van der Waals surface area contributed by atoms with Crippen molar-refractivity contribution in [1.29, 1.82) is 0 Å². The van der Waals surface area contributed by atoms with E-state index in [-0.39, 0.29) is 12.0 Å². The van der Waals surface area contributed by atoms with Gasteiger partial charge < -0.3 is 20.7 Å². The first kappa shape index (κ1) is 20.7. The summed E-state index contributed by atoms with van der Waals surface area (Å²) in [6.45, 7) is 6.00. The van der Waals surface area contributed by atoms with E-state index in [1.807, 2.05) is 49.1 Å². The number of nitrogens with two attached hydrogens (primary N) is 1. The van der Waals surface area contributed by atoms with Gasteiger partial charge in [0.1, 0.15) is 5.75 Å². The van der Waals surface area contributed by atoms with Gasteiger partial charge >= 0.3 is 0 Å². The van der Waals surface area contributed by atoms with Gasteiger partial charge in [-0.15, -0.1) is 0 Å². The summed E-state index contributed by atoms with van der Waals surface area (Å²) >= 11 is 0. The van der Waals surface area contributed by atoms with Crippen molar-refractivity contribution >= 4 is 17.6 Å². The Balaban J connectivity index is 1.40. The van der Waals surface area contributed by atoms with Crippen LogP contribution in [0.5, 0.6) is 5.75 Å². The SMILES string of the molecule is CC(C)Oc1ccc(NC(N)=NCCCC(=O)N2CCc3ccccc3C2)cc1. The lowest BCUT2D eigenvalue weighted by molar-refractivity contribution is -0.132. The van der Waals surface area contributed by atoms with Crippen LogP contribution in [0.2, 0.25) is 0 Å². The van der Waals surface area contributed by atoms with E-state index in [1.54, 1.807) is 0 Å². The van der Waals surface area contributed by atoms with E-state index < -0.39 is 0 Å². The van der Waals surface area contributed by atoms with Crippen LogP contribution in [0.15, 0.2) is 53.5 Å². The molecule has 0 radical (unpaired) electrons. The molecule has 6 heteroatoms. The first-order chi connectivity index (χ1) is 14.0. The largest absolute Gasteiger partial charge is 0.491 e. The first-order valence-electron chi connectivity index (χ1n) is 10.2. The third-order valence-corrected chi connectivity index (χ3v) is 4.81. The quantitative estimate of drug-likeness (QED) is 0.427. The van der Waals surface area contributed by atoms with Crippen LogP contribution in [0.25, 0.3) is 0 Å². The van der Waals surface area contributed by atoms with Gasteiger partial charge in [-0.05, 0) is 62.1 Å². The number of ether oxygens (including phenoxy) is 1. The molecule has 1 amide bonds. The molecule has 1 aliphatic heterocycles. The van der Waals surface area contributed by atoms with Crippen molar-refractivity contribution in [1.82, 2.24) is 4.90 Å². The molecule has 0 unspecified atom stereocenters. The third kappa shape index (κ3) is 6.24. The zero-order valence-electron chi connectivity index (χ0n) is 17.2.